The molecular weight excluding hydrogens is 176 g/mol. The van der Waals surface area contributed by atoms with Crippen LogP contribution < -0.4 is 0 Å². The zero-order valence-corrected chi connectivity index (χ0v) is 9.17. The van der Waals surface area contributed by atoms with Gasteiger partial charge >= 0.3 is 5.97 Å². The van der Waals surface area contributed by atoms with Gasteiger partial charge in [-0.15, -0.1) is 0 Å². The maximum atomic E-state index is 11.0. The van der Waals surface area contributed by atoms with Crippen LogP contribution >= 0.6 is 0 Å². The van der Waals surface area contributed by atoms with E-state index < -0.39 is 5.97 Å². The molecule has 0 heterocycles. The Morgan fingerprint density at radius 2 is 2.00 bits per heavy atom. The molecular formula is C12H22O2. The standard InChI is InChI=1S/C12H22O2/c1-2-3-4-7-10-8-5-6-9-11(10)12(13)14/h10-11H,2-9H2,1H3,(H,13,14)/t10-,11+/m0/s1. The van der Waals surface area contributed by atoms with Gasteiger partial charge in [-0.1, -0.05) is 39.0 Å². The normalized spacial score (nSPS) is 27.5. The Balaban J connectivity index is 2.34. The molecule has 1 aliphatic rings. The molecule has 0 saturated heterocycles. The smallest absolute Gasteiger partial charge is 0.306 e. The summed E-state index contributed by atoms with van der Waals surface area (Å²) in [5.41, 5.74) is 0. The van der Waals surface area contributed by atoms with E-state index in [0.717, 1.165) is 25.7 Å². The van der Waals surface area contributed by atoms with Crippen molar-refractivity contribution in [1.82, 2.24) is 0 Å². The van der Waals surface area contributed by atoms with Crippen molar-refractivity contribution < 1.29 is 9.90 Å². The lowest BCUT2D eigenvalue weighted by molar-refractivity contribution is -0.145. The Hall–Kier alpha value is -0.530. The third-order valence-corrected chi connectivity index (χ3v) is 3.40. The van der Waals surface area contributed by atoms with Crippen molar-refractivity contribution in [3.05, 3.63) is 0 Å². The van der Waals surface area contributed by atoms with E-state index in [1.165, 1.54) is 25.7 Å². The minimum Gasteiger partial charge on any atom is -0.481 e. The molecule has 1 rings (SSSR count). The molecule has 2 atom stereocenters. The van der Waals surface area contributed by atoms with Crippen LogP contribution in [0.2, 0.25) is 0 Å². The van der Waals surface area contributed by atoms with E-state index in [1.807, 2.05) is 0 Å². The second-order valence-electron chi connectivity index (χ2n) is 4.49. The zero-order chi connectivity index (χ0) is 10.4. The second-order valence-corrected chi connectivity index (χ2v) is 4.49. The number of hydrogen-bond acceptors (Lipinski definition) is 1. The highest BCUT2D eigenvalue weighted by molar-refractivity contribution is 5.70. The molecule has 0 bridgehead atoms. The van der Waals surface area contributed by atoms with E-state index in [1.54, 1.807) is 0 Å². The molecule has 82 valence electrons. The lowest BCUT2D eigenvalue weighted by atomic mass is 9.77. The number of carboxylic acid groups (broad SMARTS) is 1. The summed E-state index contributed by atoms with van der Waals surface area (Å²) in [4.78, 5) is 11.0. The second kappa shape index (κ2) is 6.05. The number of carbonyl (C=O) groups is 1. The van der Waals surface area contributed by atoms with E-state index in [-0.39, 0.29) is 5.92 Å². The van der Waals surface area contributed by atoms with E-state index in [2.05, 4.69) is 6.92 Å². The Labute approximate surface area is 86.7 Å². The van der Waals surface area contributed by atoms with Gasteiger partial charge in [0.1, 0.15) is 0 Å². The number of hydrogen-bond donors (Lipinski definition) is 1. The van der Waals surface area contributed by atoms with E-state index in [9.17, 15) is 4.79 Å². The van der Waals surface area contributed by atoms with E-state index >= 15 is 0 Å². The molecule has 0 aliphatic heterocycles. The maximum absolute atomic E-state index is 11.0. The summed E-state index contributed by atoms with van der Waals surface area (Å²) in [5, 5.41) is 9.07. The summed E-state index contributed by atoms with van der Waals surface area (Å²) in [6, 6.07) is 0. The van der Waals surface area contributed by atoms with Crippen molar-refractivity contribution in [1.29, 1.82) is 0 Å². The molecule has 0 radical (unpaired) electrons. The quantitative estimate of drug-likeness (QED) is 0.687. The van der Waals surface area contributed by atoms with Crippen LogP contribution in [0.5, 0.6) is 0 Å². The number of unbranched alkanes of at least 4 members (excludes halogenated alkanes) is 2. The van der Waals surface area contributed by atoms with E-state index in [4.69, 9.17) is 5.11 Å². The molecule has 0 amide bonds. The van der Waals surface area contributed by atoms with Crippen LogP contribution in [0.15, 0.2) is 0 Å². The van der Waals surface area contributed by atoms with Gasteiger partial charge in [-0.05, 0) is 25.2 Å². The summed E-state index contributed by atoms with van der Waals surface area (Å²) >= 11 is 0. The molecule has 1 fully saturated rings. The predicted octanol–water partition coefficient (Wildman–Crippen LogP) is 3.46. The summed E-state index contributed by atoms with van der Waals surface area (Å²) in [7, 11) is 0. The maximum Gasteiger partial charge on any atom is 0.306 e. The Morgan fingerprint density at radius 1 is 1.29 bits per heavy atom. The van der Waals surface area contributed by atoms with Crippen molar-refractivity contribution in [2.24, 2.45) is 11.8 Å². The third-order valence-electron chi connectivity index (χ3n) is 3.40. The van der Waals surface area contributed by atoms with Crippen molar-refractivity contribution in [2.75, 3.05) is 0 Å². The zero-order valence-electron chi connectivity index (χ0n) is 9.17. The molecule has 0 aromatic heterocycles. The minimum atomic E-state index is -0.564. The molecule has 2 heteroatoms. The largest absolute Gasteiger partial charge is 0.481 e. The first-order valence-electron chi connectivity index (χ1n) is 5.98. The van der Waals surface area contributed by atoms with Crippen LogP contribution in [-0.2, 0) is 4.79 Å². The highest BCUT2D eigenvalue weighted by Gasteiger charge is 2.29. The molecule has 14 heavy (non-hydrogen) atoms. The molecule has 0 unspecified atom stereocenters. The van der Waals surface area contributed by atoms with Crippen LogP contribution in [0.25, 0.3) is 0 Å². The van der Waals surface area contributed by atoms with Crippen molar-refractivity contribution in [3.8, 4) is 0 Å². The Bertz CT molecular complexity index is 177. The van der Waals surface area contributed by atoms with Crippen molar-refractivity contribution in [2.45, 2.75) is 58.3 Å². The van der Waals surface area contributed by atoms with Crippen LogP contribution in [-0.4, -0.2) is 11.1 Å². The van der Waals surface area contributed by atoms with Crippen molar-refractivity contribution in [3.63, 3.8) is 0 Å². The van der Waals surface area contributed by atoms with Crippen LogP contribution in [0, 0.1) is 11.8 Å². The fourth-order valence-corrected chi connectivity index (χ4v) is 2.53. The van der Waals surface area contributed by atoms with Gasteiger partial charge in [0.05, 0.1) is 5.92 Å². The van der Waals surface area contributed by atoms with Gasteiger partial charge in [0.15, 0.2) is 0 Å². The number of carboxylic acids is 1. The summed E-state index contributed by atoms with van der Waals surface area (Å²) in [6.07, 6.45) is 9.22. The molecule has 0 spiro atoms. The fraction of sp³-hybridized carbons (Fsp3) is 0.917. The molecule has 0 aromatic rings. The number of rotatable bonds is 5. The van der Waals surface area contributed by atoms with Crippen LogP contribution in [0.3, 0.4) is 0 Å². The fourth-order valence-electron chi connectivity index (χ4n) is 2.53. The van der Waals surface area contributed by atoms with Gasteiger partial charge in [-0.3, -0.25) is 4.79 Å². The monoisotopic (exact) mass is 198 g/mol. The first kappa shape index (κ1) is 11.5. The van der Waals surface area contributed by atoms with Crippen LogP contribution in [0.1, 0.15) is 58.3 Å². The molecule has 1 aliphatic carbocycles. The minimum absolute atomic E-state index is 0.0411. The summed E-state index contributed by atoms with van der Waals surface area (Å²) < 4.78 is 0. The average Bonchev–Trinajstić information content (AvgIpc) is 2.19. The first-order chi connectivity index (χ1) is 6.75. The van der Waals surface area contributed by atoms with Gasteiger partial charge in [-0.25, -0.2) is 0 Å². The molecule has 0 aromatic carbocycles. The summed E-state index contributed by atoms with van der Waals surface area (Å²) in [6.45, 7) is 2.19. The highest BCUT2D eigenvalue weighted by atomic mass is 16.4. The SMILES string of the molecule is CCCCC[C@H]1CCCC[C@H]1C(=O)O. The van der Waals surface area contributed by atoms with Gasteiger partial charge in [0, 0.05) is 0 Å². The van der Waals surface area contributed by atoms with E-state index in [0.29, 0.717) is 5.92 Å². The van der Waals surface area contributed by atoms with Crippen molar-refractivity contribution >= 4 is 5.97 Å². The third kappa shape index (κ3) is 3.32. The highest BCUT2D eigenvalue weighted by Crippen LogP contribution is 2.33. The van der Waals surface area contributed by atoms with Gasteiger partial charge in [0.2, 0.25) is 0 Å². The summed E-state index contributed by atoms with van der Waals surface area (Å²) in [5.74, 6) is -0.139. The van der Waals surface area contributed by atoms with Crippen LogP contribution in [0.4, 0.5) is 0 Å². The predicted molar refractivity (Wildman–Crippen MR) is 57.2 cm³/mol. The Kier molecular flexibility index (Phi) is 4.99. The van der Waals surface area contributed by atoms with Gasteiger partial charge in [-0.2, -0.15) is 0 Å². The topological polar surface area (TPSA) is 37.3 Å². The first-order valence-corrected chi connectivity index (χ1v) is 5.98. The molecule has 2 nitrogen and oxygen atoms in total. The lowest BCUT2D eigenvalue weighted by Gasteiger charge is -2.28. The Morgan fingerprint density at radius 3 is 2.64 bits per heavy atom. The van der Waals surface area contributed by atoms with Gasteiger partial charge < -0.3 is 5.11 Å². The lowest BCUT2D eigenvalue weighted by Crippen LogP contribution is -2.26. The average molecular weight is 198 g/mol. The number of aliphatic carboxylic acids is 1. The molecule has 1 saturated carbocycles. The van der Waals surface area contributed by atoms with Gasteiger partial charge in [0.25, 0.3) is 0 Å². The molecule has 1 N–H and O–H groups in total.